The normalized spacial score (nSPS) is 19.3. The molecule has 0 spiro atoms. The van der Waals surface area contributed by atoms with Gasteiger partial charge in [0.2, 0.25) is 11.0 Å². The quantitative estimate of drug-likeness (QED) is 0.912. The van der Waals surface area contributed by atoms with Gasteiger partial charge >= 0.3 is 5.97 Å². The monoisotopic (exact) mass is 325 g/mol. The van der Waals surface area contributed by atoms with Gasteiger partial charge in [0.1, 0.15) is 6.04 Å². The van der Waals surface area contributed by atoms with Crippen LogP contribution in [0.25, 0.3) is 0 Å². The van der Waals surface area contributed by atoms with Crippen LogP contribution >= 0.6 is 23.5 Å². The lowest BCUT2D eigenvalue weighted by Gasteiger charge is -2.23. The number of carboxylic acid groups (broad SMARTS) is 1. The first-order valence-electron chi connectivity index (χ1n) is 6.37. The molecule has 0 aliphatic carbocycles. The van der Waals surface area contributed by atoms with E-state index < -0.39 is 17.3 Å². The maximum Gasteiger partial charge on any atom is 0.327 e. The Balaban J connectivity index is 2.00. The number of aliphatic carboxylic acids is 1. The van der Waals surface area contributed by atoms with Gasteiger partial charge in [0.25, 0.3) is 0 Å². The number of nitrogens with zero attached hydrogens (tertiary/aromatic N) is 1. The number of carbonyl (C=O) groups is 3. The fourth-order valence-electron chi connectivity index (χ4n) is 1.95. The summed E-state index contributed by atoms with van der Waals surface area (Å²) in [7, 11) is 0. The van der Waals surface area contributed by atoms with Gasteiger partial charge in [0.05, 0.1) is 11.1 Å². The van der Waals surface area contributed by atoms with Gasteiger partial charge in [-0.2, -0.15) is 0 Å². The molecular formula is C14H15NO4S2. The molecule has 1 amide bonds. The van der Waals surface area contributed by atoms with E-state index in [4.69, 9.17) is 5.11 Å². The predicted molar refractivity (Wildman–Crippen MR) is 83.4 cm³/mol. The summed E-state index contributed by atoms with van der Waals surface area (Å²) in [6, 6.07) is 7.93. The molecular weight excluding hydrogens is 310 g/mol. The number of carbonyl (C=O) groups excluding carboxylic acids is 2. The zero-order chi connectivity index (χ0) is 15.4. The van der Waals surface area contributed by atoms with Crippen LogP contribution in [0.4, 0.5) is 0 Å². The molecule has 1 N–H and O–H groups in total. The summed E-state index contributed by atoms with van der Waals surface area (Å²) in [4.78, 5) is 36.8. The van der Waals surface area contributed by atoms with E-state index in [1.165, 1.54) is 16.7 Å². The summed E-state index contributed by atoms with van der Waals surface area (Å²) >= 11 is 2.34. The van der Waals surface area contributed by atoms with E-state index in [-0.39, 0.29) is 11.0 Å². The van der Waals surface area contributed by atoms with Crippen molar-refractivity contribution in [3.8, 4) is 0 Å². The Kier molecular flexibility index (Phi) is 5.30. The predicted octanol–water partition coefficient (Wildman–Crippen LogP) is 1.93. The van der Waals surface area contributed by atoms with Crippen molar-refractivity contribution in [2.75, 3.05) is 11.6 Å². The molecule has 1 aromatic carbocycles. The largest absolute Gasteiger partial charge is 0.480 e. The van der Waals surface area contributed by atoms with Gasteiger partial charge in [-0.3, -0.25) is 9.59 Å². The Morgan fingerprint density at radius 3 is 2.62 bits per heavy atom. The Labute approximate surface area is 131 Å². The number of rotatable bonds is 4. The van der Waals surface area contributed by atoms with Crippen LogP contribution in [0.5, 0.6) is 0 Å². The molecule has 1 fully saturated rings. The van der Waals surface area contributed by atoms with Gasteiger partial charge in [-0.05, 0) is 6.92 Å². The second kappa shape index (κ2) is 7.00. The third kappa shape index (κ3) is 3.79. The average molecular weight is 325 g/mol. The molecule has 2 unspecified atom stereocenters. The first-order chi connectivity index (χ1) is 10.0. The van der Waals surface area contributed by atoms with Gasteiger partial charge < -0.3 is 10.0 Å². The summed E-state index contributed by atoms with van der Waals surface area (Å²) in [5, 5.41) is 8.31. The standard InChI is InChI=1S/C14H15NO4S2/c1-9(21-14(19)10-5-3-2-4-6-10)12(16)15-8-20-7-11(15)13(17)18/h2-6,9,11H,7-8H2,1H3,(H,17,18). The fourth-order valence-corrected chi connectivity index (χ4v) is 3.94. The lowest BCUT2D eigenvalue weighted by atomic mass is 10.2. The zero-order valence-electron chi connectivity index (χ0n) is 11.4. The molecule has 2 atom stereocenters. The van der Waals surface area contributed by atoms with E-state index in [1.807, 2.05) is 6.07 Å². The van der Waals surface area contributed by atoms with Crippen LogP contribution in [0.3, 0.4) is 0 Å². The second-order valence-corrected chi connectivity index (χ2v) is 6.89. The van der Waals surface area contributed by atoms with E-state index in [1.54, 1.807) is 31.2 Å². The molecule has 1 heterocycles. The van der Waals surface area contributed by atoms with Gasteiger partial charge in [0.15, 0.2) is 0 Å². The van der Waals surface area contributed by atoms with E-state index in [2.05, 4.69) is 0 Å². The van der Waals surface area contributed by atoms with Crippen LogP contribution in [0.15, 0.2) is 30.3 Å². The number of benzene rings is 1. The topological polar surface area (TPSA) is 74.7 Å². The van der Waals surface area contributed by atoms with Crippen LogP contribution in [0, 0.1) is 0 Å². The van der Waals surface area contributed by atoms with Gasteiger partial charge in [-0.25, -0.2) is 4.79 Å². The number of amides is 1. The number of hydrogen-bond donors (Lipinski definition) is 1. The number of hydrogen-bond acceptors (Lipinski definition) is 5. The first-order valence-corrected chi connectivity index (χ1v) is 8.41. The summed E-state index contributed by atoms with van der Waals surface area (Å²) < 4.78 is 0. The van der Waals surface area contributed by atoms with Crippen molar-refractivity contribution in [1.82, 2.24) is 4.90 Å². The molecule has 0 radical (unpaired) electrons. The van der Waals surface area contributed by atoms with Gasteiger partial charge in [0, 0.05) is 11.3 Å². The van der Waals surface area contributed by atoms with E-state index in [0.717, 1.165) is 11.8 Å². The van der Waals surface area contributed by atoms with Crippen LogP contribution in [0.2, 0.25) is 0 Å². The Hall–Kier alpha value is -1.47. The van der Waals surface area contributed by atoms with E-state index in [0.29, 0.717) is 17.2 Å². The Bertz CT molecular complexity index is 549. The summed E-state index contributed by atoms with van der Waals surface area (Å²) in [5.41, 5.74) is 0.535. The van der Waals surface area contributed by atoms with Crippen LogP contribution in [-0.2, 0) is 9.59 Å². The van der Waals surface area contributed by atoms with Crippen molar-refractivity contribution < 1.29 is 19.5 Å². The highest BCUT2D eigenvalue weighted by atomic mass is 32.2. The molecule has 1 saturated heterocycles. The molecule has 7 heteroatoms. The van der Waals surface area contributed by atoms with Gasteiger partial charge in [-0.15, -0.1) is 11.8 Å². The minimum absolute atomic E-state index is 0.185. The van der Waals surface area contributed by atoms with Crippen LogP contribution in [-0.4, -0.2) is 49.9 Å². The summed E-state index contributed by atoms with van der Waals surface area (Å²) in [5.74, 6) is -0.549. The molecule has 1 aromatic rings. The number of thioether (sulfide) groups is 2. The third-order valence-corrected chi connectivity index (χ3v) is 5.11. The molecule has 21 heavy (non-hydrogen) atoms. The molecule has 5 nitrogen and oxygen atoms in total. The van der Waals surface area contributed by atoms with Crippen molar-refractivity contribution in [3.05, 3.63) is 35.9 Å². The van der Waals surface area contributed by atoms with Gasteiger partial charge in [-0.1, -0.05) is 42.1 Å². The minimum Gasteiger partial charge on any atom is -0.480 e. The average Bonchev–Trinajstić information content (AvgIpc) is 2.96. The van der Waals surface area contributed by atoms with E-state index >= 15 is 0 Å². The van der Waals surface area contributed by atoms with Crippen LogP contribution in [0.1, 0.15) is 17.3 Å². The Morgan fingerprint density at radius 2 is 2.00 bits per heavy atom. The maximum absolute atomic E-state index is 12.3. The minimum atomic E-state index is -1.00. The van der Waals surface area contributed by atoms with Crippen molar-refractivity contribution in [2.24, 2.45) is 0 Å². The lowest BCUT2D eigenvalue weighted by molar-refractivity contribution is -0.147. The summed E-state index contributed by atoms with van der Waals surface area (Å²) in [6.45, 7) is 1.63. The summed E-state index contributed by atoms with van der Waals surface area (Å²) in [6.07, 6.45) is 0. The first kappa shape index (κ1) is 15.9. The van der Waals surface area contributed by atoms with Crippen molar-refractivity contribution in [1.29, 1.82) is 0 Å². The highest BCUT2D eigenvalue weighted by Crippen LogP contribution is 2.26. The molecule has 0 bridgehead atoms. The molecule has 1 aliphatic rings. The fraction of sp³-hybridized carbons (Fsp3) is 0.357. The van der Waals surface area contributed by atoms with Crippen molar-refractivity contribution in [3.63, 3.8) is 0 Å². The molecule has 2 rings (SSSR count). The molecule has 112 valence electrons. The molecule has 1 aliphatic heterocycles. The lowest BCUT2D eigenvalue weighted by Crippen LogP contribution is -2.45. The third-order valence-electron chi connectivity index (χ3n) is 3.09. The number of carboxylic acids is 1. The SMILES string of the molecule is CC(SC(=O)c1ccccc1)C(=O)N1CSCC1C(=O)O. The maximum atomic E-state index is 12.3. The second-order valence-electron chi connectivity index (χ2n) is 4.58. The van der Waals surface area contributed by atoms with Crippen molar-refractivity contribution in [2.45, 2.75) is 18.2 Å². The molecule has 0 saturated carbocycles. The van der Waals surface area contributed by atoms with E-state index in [9.17, 15) is 14.4 Å². The zero-order valence-corrected chi connectivity index (χ0v) is 13.0. The molecule has 0 aromatic heterocycles. The smallest absolute Gasteiger partial charge is 0.327 e. The highest BCUT2D eigenvalue weighted by molar-refractivity contribution is 8.15. The van der Waals surface area contributed by atoms with Crippen molar-refractivity contribution >= 4 is 40.5 Å². The van der Waals surface area contributed by atoms with Crippen LogP contribution < -0.4 is 0 Å². The Morgan fingerprint density at radius 1 is 1.33 bits per heavy atom. The highest BCUT2D eigenvalue weighted by Gasteiger charge is 2.37.